The van der Waals surface area contributed by atoms with Crippen LogP contribution in [0.25, 0.3) is 0 Å². The van der Waals surface area contributed by atoms with Crippen LogP contribution in [0.1, 0.15) is 44.4 Å². The molecular weight excluding hydrogens is 422 g/mol. The summed E-state index contributed by atoms with van der Waals surface area (Å²) < 4.78 is 18.9. The summed E-state index contributed by atoms with van der Waals surface area (Å²) in [5.74, 6) is 1.26. The monoisotopic (exact) mass is 449 g/mol. The summed E-state index contributed by atoms with van der Waals surface area (Å²) >= 11 is 0. The third-order valence-electron chi connectivity index (χ3n) is 5.19. The molecule has 0 bridgehead atoms. The van der Waals surface area contributed by atoms with Gasteiger partial charge < -0.3 is 19.5 Å². The summed E-state index contributed by atoms with van der Waals surface area (Å²) in [6, 6.07) is 14.6. The Bertz CT molecular complexity index is 1140. The van der Waals surface area contributed by atoms with Crippen LogP contribution in [-0.4, -0.2) is 39.4 Å². The highest BCUT2D eigenvalue weighted by Gasteiger charge is 2.35. The zero-order valence-corrected chi connectivity index (χ0v) is 18.9. The normalized spacial score (nSPS) is 14.9. The Balaban J connectivity index is 1.69. The zero-order valence-electron chi connectivity index (χ0n) is 18.9. The van der Waals surface area contributed by atoms with Crippen LogP contribution in [0.2, 0.25) is 0 Å². The lowest BCUT2D eigenvalue weighted by Crippen LogP contribution is -2.29. The maximum Gasteiger partial charge on any atom is 0.338 e. The number of nitrogens with one attached hydrogen (secondary N) is 1. The van der Waals surface area contributed by atoms with Gasteiger partial charge in [0, 0.05) is 5.70 Å². The van der Waals surface area contributed by atoms with Gasteiger partial charge in [0.2, 0.25) is 5.95 Å². The van der Waals surface area contributed by atoms with Crippen molar-refractivity contribution in [3.63, 3.8) is 0 Å². The van der Waals surface area contributed by atoms with Gasteiger partial charge in [0.05, 0.1) is 18.8 Å². The van der Waals surface area contributed by atoms with E-state index in [1.54, 1.807) is 4.68 Å². The van der Waals surface area contributed by atoms with Gasteiger partial charge in [-0.05, 0) is 54.0 Å². The minimum Gasteiger partial charge on any atom is -0.490 e. The van der Waals surface area contributed by atoms with E-state index in [1.807, 2.05) is 69.3 Å². The Morgan fingerprint density at radius 1 is 1.09 bits per heavy atom. The van der Waals surface area contributed by atoms with E-state index >= 15 is 0 Å². The molecule has 33 heavy (non-hydrogen) atoms. The number of benzene rings is 2. The fourth-order valence-electron chi connectivity index (χ4n) is 3.68. The van der Waals surface area contributed by atoms with Gasteiger partial charge in [-0.3, -0.25) is 0 Å². The maximum atomic E-state index is 13.3. The lowest BCUT2D eigenvalue weighted by Gasteiger charge is -2.28. The fraction of sp³-hybridized carbons (Fsp3) is 0.333. The molecule has 0 spiro atoms. The van der Waals surface area contributed by atoms with E-state index < -0.39 is 12.0 Å². The van der Waals surface area contributed by atoms with E-state index in [-0.39, 0.29) is 6.61 Å². The lowest BCUT2D eigenvalue weighted by atomic mass is 9.95. The Morgan fingerprint density at radius 2 is 1.91 bits per heavy atom. The number of hydrogen-bond donors (Lipinski definition) is 1. The average Bonchev–Trinajstić information content (AvgIpc) is 3.29. The molecule has 1 aliphatic rings. The quantitative estimate of drug-likeness (QED) is 0.491. The molecule has 1 aliphatic heterocycles. The van der Waals surface area contributed by atoms with E-state index in [4.69, 9.17) is 14.2 Å². The topological polar surface area (TPSA) is 100 Å². The van der Waals surface area contributed by atoms with Crippen LogP contribution in [0.4, 0.5) is 5.95 Å². The van der Waals surface area contributed by atoms with E-state index in [0.29, 0.717) is 41.9 Å². The van der Waals surface area contributed by atoms with Crippen LogP contribution < -0.4 is 14.8 Å². The first kappa shape index (κ1) is 22.3. The molecule has 0 aliphatic carbocycles. The van der Waals surface area contributed by atoms with Gasteiger partial charge in [0.1, 0.15) is 12.6 Å². The second-order valence-corrected chi connectivity index (χ2v) is 7.56. The predicted octanol–water partition coefficient (Wildman–Crippen LogP) is 3.89. The van der Waals surface area contributed by atoms with Gasteiger partial charge in [-0.25, -0.2) is 4.79 Å². The number of fused-ring (bicyclic) bond motifs is 1. The van der Waals surface area contributed by atoms with Crippen molar-refractivity contribution in [3.05, 3.63) is 70.9 Å². The largest absolute Gasteiger partial charge is 0.490 e. The smallest absolute Gasteiger partial charge is 0.338 e. The summed E-state index contributed by atoms with van der Waals surface area (Å²) in [6.07, 6.45) is 0.884. The van der Waals surface area contributed by atoms with Crippen molar-refractivity contribution < 1.29 is 19.0 Å². The number of esters is 1. The van der Waals surface area contributed by atoms with Gasteiger partial charge >= 0.3 is 5.97 Å². The number of aromatic nitrogens is 4. The van der Waals surface area contributed by atoms with Crippen molar-refractivity contribution in [2.75, 3.05) is 18.5 Å². The maximum absolute atomic E-state index is 13.3. The van der Waals surface area contributed by atoms with Gasteiger partial charge in [-0.15, -0.1) is 0 Å². The van der Waals surface area contributed by atoms with Crippen molar-refractivity contribution >= 4 is 11.9 Å². The second-order valence-electron chi connectivity index (χ2n) is 7.56. The first-order valence-electron chi connectivity index (χ1n) is 11.0. The molecule has 1 unspecified atom stereocenters. The molecule has 9 heteroatoms. The molecule has 172 valence electrons. The third kappa shape index (κ3) is 4.82. The molecule has 0 fully saturated rings. The minimum atomic E-state index is -0.584. The number of rotatable bonds is 9. The molecule has 2 heterocycles. The first-order chi connectivity index (χ1) is 16.1. The fourth-order valence-corrected chi connectivity index (χ4v) is 3.68. The molecule has 1 atom stereocenters. The molecule has 1 N–H and O–H groups in total. The Hall–Kier alpha value is -3.88. The van der Waals surface area contributed by atoms with Crippen molar-refractivity contribution in [2.45, 2.75) is 39.8 Å². The number of nitrogens with zero attached hydrogens (tertiary/aromatic N) is 4. The van der Waals surface area contributed by atoms with E-state index in [1.165, 1.54) is 0 Å². The molecular formula is C24H27N5O4. The molecule has 9 nitrogen and oxygen atoms in total. The van der Waals surface area contributed by atoms with Crippen LogP contribution in [0, 0.1) is 0 Å². The van der Waals surface area contributed by atoms with Crippen LogP contribution in [0.3, 0.4) is 0 Å². The number of hydrogen-bond acceptors (Lipinski definition) is 8. The highest BCUT2D eigenvalue weighted by atomic mass is 16.5. The van der Waals surface area contributed by atoms with Crippen LogP contribution >= 0.6 is 0 Å². The number of anilines is 1. The van der Waals surface area contributed by atoms with Gasteiger partial charge in [0.15, 0.2) is 11.5 Å². The number of allylic oxidation sites excluding steroid dienone is 1. The van der Waals surface area contributed by atoms with Crippen molar-refractivity contribution in [1.82, 2.24) is 20.2 Å². The predicted molar refractivity (Wildman–Crippen MR) is 122 cm³/mol. The SMILES string of the molecule is CCCOc1ccc(C2C(C(=O)OCc3ccccc3)=C(C)Nc3nnnn32)cc1OCC. The Kier molecular flexibility index (Phi) is 6.87. The lowest BCUT2D eigenvalue weighted by molar-refractivity contribution is -0.140. The standard InChI is InChI=1S/C24H27N5O4/c1-4-13-32-19-12-11-18(14-20(19)31-5-2)22-21(16(3)25-24-26-27-28-29(22)24)23(30)33-15-17-9-7-6-8-10-17/h6-12,14,22H,4-5,13,15H2,1-3H3,(H,25,26,28). The Morgan fingerprint density at radius 3 is 2.67 bits per heavy atom. The molecule has 1 aromatic heterocycles. The van der Waals surface area contributed by atoms with Gasteiger partial charge in [0.25, 0.3) is 0 Å². The van der Waals surface area contributed by atoms with Crippen LogP contribution in [0.5, 0.6) is 11.5 Å². The third-order valence-corrected chi connectivity index (χ3v) is 5.19. The summed E-state index contributed by atoms with van der Waals surface area (Å²) in [4.78, 5) is 13.3. The molecule has 3 aromatic rings. The van der Waals surface area contributed by atoms with Gasteiger partial charge in [-0.2, -0.15) is 4.68 Å². The molecule has 2 aromatic carbocycles. The van der Waals surface area contributed by atoms with E-state index in [0.717, 1.165) is 17.5 Å². The van der Waals surface area contributed by atoms with Crippen molar-refractivity contribution in [2.24, 2.45) is 0 Å². The van der Waals surface area contributed by atoms with Crippen LogP contribution in [0.15, 0.2) is 59.8 Å². The molecule has 0 saturated carbocycles. The summed E-state index contributed by atoms with van der Waals surface area (Å²) in [6.45, 7) is 7.00. The number of tetrazole rings is 1. The average molecular weight is 450 g/mol. The molecule has 0 amide bonds. The summed E-state index contributed by atoms with van der Waals surface area (Å²) in [5, 5.41) is 15.0. The first-order valence-corrected chi connectivity index (χ1v) is 11.0. The Labute approximate surface area is 192 Å². The van der Waals surface area contributed by atoms with Crippen LogP contribution in [-0.2, 0) is 16.1 Å². The van der Waals surface area contributed by atoms with E-state index in [2.05, 4.69) is 20.8 Å². The minimum absolute atomic E-state index is 0.166. The van der Waals surface area contributed by atoms with Crippen molar-refractivity contribution in [3.8, 4) is 11.5 Å². The highest BCUT2D eigenvalue weighted by molar-refractivity contribution is 5.92. The number of carbonyl (C=O) groups is 1. The molecule has 0 saturated heterocycles. The summed E-state index contributed by atoms with van der Waals surface area (Å²) in [5.41, 5.74) is 2.74. The summed E-state index contributed by atoms with van der Waals surface area (Å²) in [7, 11) is 0. The zero-order chi connectivity index (χ0) is 23.2. The van der Waals surface area contributed by atoms with E-state index in [9.17, 15) is 4.79 Å². The number of ether oxygens (including phenoxy) is 3. The highest BCUT2D eigenvalue weighted by Crippen LogP contribution is 2.38. The molecule has 4 rings (SSSR count). The van der Waals surface area contributed by atoms with Gasteiger partial charge in [-0.1, -0.05) is 48.4 Å². The number of carbonyl (C=O) groups excluding carboxylic acids is 1. The molecule has 0 radical (unpaired) electrons. The van der Waals surface area contributed by atoms with Crippen molar-refractivity contribution in [1.29, 1.82) is 0 Å². The second kappa shape index (κ2) is 10.2.